The maximum absolute atomic E-state index is 11.0. The van der Waals surface area contributed by atoms with E-state index in [-0.39, 0.29) is 12.2 Å². The molecule has 0 bridgehead atoms. The van der Waals surface area contributed by atoms with Gasteiger partial charge in [0.15, 0.2) is 0 Å². The minimum absolute atomic E-state index is 0.0738. The Balaban J connectivity index is 4.43. The molecule has 3 nitrogen and oxygen atoms in total. The maximum atomic E-state index is 11.0. The van der Waals surface area contributed by atoms with E-state index in [4.69, 9.17) is 5.26 Å². The molecule has 0 spiro atoms. The van der Waals surface area contributed by atoms with Crippen LogP contribution in [0.15, 0.2) is 11.6 Å². The highest BCUT2D eigenvalue weighted by Crippen LogP contribution is 1.95. The third-order valence-electron chi connectivity index (χ3n) is 1.00. The van der Waals surface area contributed by atoms with Crippen LogP contribution in [0, 0.1) is 23.2 Å². The SMILES string of the molecule is CCOC(=O)/C(C#N)=C/C#CCBr. The van der Waals surface area contributed by atoms with Crippen LogP contribution in [0.1, 0.15) is 6.92 Å². The number of alkyl halides is 1. The van der Waals surface area contributed by atoms with Crippen molar-refractivity contribution >= 4 is 21.9 Å². The van der Waals surface area contributed by atoms with E-state index >= 15 is 0 Å². The first-order chi connectivity index (χ1) is 6.26. The van der Waals surface area contributed by atoms with E-state index in [9.17, 15) is 4.79 Å². The Hall–Kier alpha value is -1.26. The first-order valence-electron chi connectivity index (χ1n) is 3.58. The Labute approximate surface area is 85.5 Å². The molecule has 0 aromatic heterocycles. The fraction of sp³-hybridized carbons (Fsp3) is 0.333. The molecule has 0 N–H and O–H groups in total. The van der Waals surface area contributed by atoms with Crippen molar-refractivity contribution in [1.29, 1.82) is 5.26 Å². The second-order valence-electron chi connectivity index (χ2n) is 1.85. The number of nitriles is 1. The van der Waals surface area contributed by atoms with Crippen LogP contribution in [0.3, 0.4) is 0 Å². The van der Waals surface area contributed by atoms with Crippen molar-refractivity contribution in [2.24, 2.45) is 0 Å². The molecule has 0 unspecified atom stereocenters. The number of hydrogen-bond donors (Lipinski definition) is 0. The topological polar surface area (TPSA) is 50.1 Å². The van der Waals surface area contributed by atoms with Gasteiger partial charge in [-0.3, -0.25) is 0 Å². The molecule has 0 aromatic carbocycles. The van der Waals surface area contributed by atoms with E-state index in [1.54, 1.807) is 13.0 Å². The quantitative estimate of drug-likeness (QED) is 0.242. The maximum Gasteiger partial charge on any atom is 0.349 e. The molecule has 4 heteroatoms. The van der Waals surface area contributed by atoms with Gasteiger partial charge >= 0.3 is 5.97 Å². The third-order valence-corrected chi connectivity index (χ3v) is 1.28. The van der Waals surface area contributed by atoms with Crippen molar-refractivity contribution in [2.75, 3.05) is 11.9 Å². The molecule has 0 aromatic rings. The molecule has 68 valence electrons. The standard InChI is InChI=1S/C9H8BrNO2/c1-2-13-9(12)8(7-11)5-3-4-6-10/h5H,2,6H2,1H3/b8-5+. The zero-order valence-electron chi connectivity index (χ0n) is 7.13. The number of rotatable bonds is 2. The molecule has 13 heavy (non-hydrogen) atoms. The molecular formula is C9H8BrNO2. The summed E-state index contributed by atoms with van der Waals surface area (Å²) >= 11 is 3.09. The van der Waals surface area contributed by atoms with Crippen molar-refractivity contribution in [3.8, 4) is 17.9 Å². The largest absolute Gasteiger partial charge is 0.462 e. The molecule has 0 radical (unpaired) electrons. The average molecular weight is 242 g/mol. The average Bonchev–Trinajstić information content (AvgIpc) is 2.13. The summed E-state index contributed by atoms with van der Waals surface area (Å²) in [6.07, 6.45) is 1.25. The number of carbonyl (C=O) groups is 1. The minimum atomic E-state index is -0.631. The Morgan fingerprint density at radius 1 is 1.69 bits per heavy atom. The summed E-state index contributed by atoms with van der Waals surface area (Å²) < 4.78 is 4.62. The lowest BCUT2D eigenvalue weighted by Crippen LogP contribution is -2.05. The molecule has 0 amide bonds. The van der Waals surface area contributed by atoms with Gasteiger partial charge in [-0.1, -0.05) is 27.8 Å². The fourth-order valence-corrected chi connectivity index (χ4v) is 0.669. The number of allylic oxidation sites excluding steroid dienone is 1. The number of ether oxygens (including phenoxy) is 1. The van der Waals surface area contributed by atoms with Crippen molar-refractivity contribution in [3.63, 3.8) is 0 Å². The summed E-state index contributed by atoms with van der Waals surface area (Å²) in [6, 6.07) is 1.71. The highest BCUT2D eigenvalue weighted by atomic mass is 79.9. The highest BCUT2D eigenvalue weighted by molar-refractivity contribution is 9.09. The van der Waals surface area contributed by atoms with Gasteiger partial charge in [0.2, 0.25) is 0 Å². The van der Waals surface area contributed by atoms with Gasteiger partial charge in [-0.05, 0) is 6.92 Å². The van der Waals surface area contributed by atoms with Gasteiger partial charge in [-0.25, -0.2) is 4.79 Å². The van der Waals surface area contributed by atoms with Gasteiger partial charge in [0.1, 0.15) is 11.6 Å². The highest BCUT2D eigenvalue weighted by Gasteiger charge is 2.07. The van der Waals surface area contributed by atoms with E-state index in [2.05, 4.69) is 32.5 Å². The van der Waals surface area contributed by atoms with Crippen LogP contribution in [-0.4, -0.2) is 17.9 Å². The van der Waals surface area contributed by atoms with E-state index in [0.29, 0.717) is 5.33 Å². The lowest BCUT2D eigenvalue weighted by atomic mass is 10.3. The normalized spacial score (nSPS) is 9.46. The first-order valence-corrected chi connectivity index (χ1v) is 4.70. The van der Waals surface area contributed by atoms with Gasteiger partial charge in [-0.2, -0.15) is 5.26 Å². The fourth-order valence-electron chi connectivity index (χ4n) is 0.507. The number of esters is 1. The summed E-state index contributed by atoms with van der Waals surface area (Å²) in [7, 11) is 0. The van der Waals surface area contributed by atoms with Crippen LogP contribution in [0.4, 0.5) is 0 Å². The summed E-state index contributed by atoms with van der Waals surface area (Å²) in [5.74, 6) is 4.55. The molecule has 0 rings (SSSR count). The summed E-state index contributed by atoms with van der Waals surface area (Å²) in [4.78, 5) is 11.0. The summed E-state index contributed by atoms with van der Waals surface area (Å²) in [6.45, 7) is 1.93. The first kappa shape index (κ1) is 11.7. The zero-order valence-corrected chi connectivity index (χ0v) is 8.72. The van der Waals surface area contributed by atoms with Crippen molar-refractivity contribution in [3.05, 3.63) is 11.6 Å². The van der Waals surface area contributed by atoms with E-state index in [1.807, 2.05) is 0 Å². The van der Waals surface area contributed by atoms with Crippen LogP contribution in [0.25, 0.3) is 0 Å². The van der Waals surface area contributed by atoms with E-state index in [0.717, 1.165) is 0 Å². The second kappa shape index (κ2) is 7.39. The van der Waals surface area contributed by atoms with Crippen LogP contribution in [-0.2, 0) is 9.53 Å². The van der Waals surface area contributed by atoms with Crippen LogP contribution in [0.5, 0.6) is 0 Å². The smallest absolute Gasteiger partial charge is 0.349 e. The molecule has 0 saturated carbocycles. The summed E-state index contributed by atoms with van der Waals surface area (Å²) in [5.41, 5.74) is -0.0738. The monoisotopic (exact) mass is 241 g/mol. The number of hydrogen-bond acceptors (Lipinski definition) is 3. The van der Waals surface area contributed by atoms with Crippen LogP contribution < -0.4 is 0 Å². The molecule has 0 atom stereocenters. The summed E-state index contributed by atoms with van der Waals surface area (Å²) in [5, 5.41) is 9.03. The molecule has 0 aliphatic rings. The molecule has 0 fully saturated rings. The number of nitrogens with zero attached hydrogens (tertiary/aromatic N) is 1. The lowest BCUT2D eigenvalue weighted by Gasteiger charge is -1.96. The third kappa shape index (κ3) is 5.05. The Morgan fingerprint density at radius 3 is 2.85 bits per heavy atom. The van der Waals surface area contributed by atoms with Crippen molar-refractivity contribution < 1.29 is 9.53 Å². The predicted molar refractivity (Wildman–Crippen MR) is 51.9 cm³/mol. The van der Waals surface area contributed by atoms with Gasteiger partial charge in [0, 0.05) is 6.08 Å². The Bertz CT molecular complexity index is 304. The van der Waals surface area contributed by atoms with Gasteiger partial charge < -0.3 is 4.74 Å². The lowest BCUT2D eigenvalue weighted by molar-refractivity contribution is -0.138. The molecule has 0 heterocycles. The van der Waals surface area contributed by atoms with Crippen LogP contribution in [0.2, 0.25) is 0 Å². The van der Waals surface area contributed by atoms with E-state index in [1.165, 1.54) is 6.08 Å². The molecular weight excluding hydrogens is 234 g/mol. The van der Waals surface area contributed by atoms with Gasteiger partial charge in [-0.15, -0.1) is 0 Å². The van der Waals surface area contributed by atoms with Crippen molar-refractivity contribution in [2.45, 2.75) is 6.92 Å². The Morgan fingerprint density at radius 2 is 2.38 bits per heavy atom. The van der Waals surface area contributed by atoms with E-state index < -0.39 is 5.97 Å². The molecule has 0 aliphatic carbocycles. The minimum Gasteiger partial charge on any atom is -0.462 e. The van der Waals surface area contributed by atoms with Gasteiger partial charge in [0.25, 0.3) is 0 Å². The second-order valence-corrected chi connectivity index (χ2v) is 2.41. The van der Waals surface area contributed by atoms with Gasteiger partial charge in [0.05, 0.1) is 11.9 Å². The number of carbonyl (C=O) groups excluding carboxylic acids is 1. The van der Waals surface area contributed by atoms with Crippen molar-refractivity contribution in [1.82, 2.24) is 0 Å². The molecule has 0 saturated heterocycles. The number of halogens is 1. The Kier molecular flexibility index (Phi) is 6.68. The zero-order chi connectivity index (χ0) is 10.1. The predicted octanol–water partition coefficient (Wildman–Crippen LogP) is 1.40. The van der Waals surface area contributed by atoms with Crippen LogP contribution >= 0.6 is 15.9 Å². The molecule has 0 aliphatic heterocycles.